The minimum absolute atomic E-state index is 0.0553. The molecular weight excluding hydrogens is 212 g/mol. The number of epoxide rings is 1. The summed E-state index contributed by atoms with van der Waals surface area (Å²) in [5.74, 6) is 0.941. The molecule has 1 aromatic rings. The molecule has 0 saturated carbocycles. The molecule has 2 heteroatoms. The molecule has 1 fully saturated rings. The van der Waals surface area contributed by atoms with Crippen LogP contribution in [0.25, 0.3) is 6.08 Å². The molecule has 0 radical (unpaired) electrons. The summed E-state index contributed by atoms with van der Waals surface area (Å²) in [5.41, 5.74) is 1.09. The average Bonchev–Trinajstić information content (AvgIpc) is 3.07. The number of para-hydroxylation sites is 1. The highest BCUT2D eigenvalue weighted by molar-refractivity contribution is 5.57. The van der Waals surface area contributed by atoms with Gasteiger partial charge in [-0.3, -0.25) is 0 Å². The molecular formula is C15H20O2. The normalized spacial score (nSPS) is 22.9. The fourth-order valence-electron chi connectivity index (χ4n) is 1.56. The van der Waals surface area contributed by atoms with Crippen LogP contribution in [0, 0.1) is 0 Å². The van der Waals surface area contributed by atoms with Gasteiger partial charge in [0.15, 0.2) is 0 Å². The summed E-state index contributed by atoms with van der Waals surface area (Å²) in [7, 11) is 0. The number of rotatable bonds is 6. The molecule has 0 spiro atoms. The van der Waals surface area contributed by atoms with Crippen LogP contribution in [0.15, 0.2) is 30.3 Å². The predicted octanol–water partition coefficient (Wildman–Crippen LogP) is 3.67. The van der Waals surface area contributed by atoms with E-state index in [9.17, 15) is 0 Å². The van der Waals surface area contributed by atoms with Crippen LogP contribution in [-0.4, -0.2) is 18.8 Å². The predicted molar refractivity (Wildman–Crippen MR) is 70.2 cm³/mol. The SMILES string of the molecule is CCC/C=C/c1ccccc1OCC1(C)CO1. The van der Waals surface area contributed by atoms with E-state index in [0.717, 1.165) is 24.3 Å². The third kappa shape index (κ3) is 3.60. The first-order chi connectivity index (χ1) is 8.23. The number of hydrogen-bond acceptors (Lipinski definition) is 2. The van der Waals surface area contributed by atoms with Gasteiger partial charge in [0, 0.05) is 5.56 Å². The second-order valence-electron chi connectivity index (χ2n) is 4.76. The zero-order chi connectivity index (χ0) is 12.1. The summed E-state index contributed by atoms with van der Waals surface area (Å²) in [6.07, 6.45) is 6.60. The summed E-state index contributed by atoms with van der Waals surface area (Å²) in [6, 6.07) is 8.13. The van der Waals surface area contributed by atoms with Crippen molar-refractivity contribution in [2.24, 2.45) is 0 Å². The van der Waals surface area contributed by atoms with Crippen molar-refractivity contribution in [3.8, 4) is 5.75 Å². The molecule has 2 rings (SSSR count). The lowest BCUT2D eigenvalue weighted by molar-refractivity contribution is 0.202. The molecule has 1 unspecified atom stereocenters. The Morgan fingerprint density at radius 3 is 2.88 bits per heavy atom. The molecule has 1 heterocycles. The van der Waals surface area contributed by atoms with Gasteiger partial charge in [-0.2, -0.15) is 0 Å². The second-order valence-corrected chi connectivity index (χ2v) is 4.76. The quantitative estimate of drug-likeness (QED) is 0.698. The van der Waals surface area contributed by atoms with E-state index in [4.69, 9.17) is 9.47 Å². The fraction of sp³-hybridized carbons (Fsp3) is 0.467. The van der Waals surface area contributed by atoms with E-state index >= 15 is 0 Å². The maximum absolute atomic E-state index is 5.82. The highest BCUT2D eigenvalue weighted by Crippen LogP contribution is 2.28. The van der Waals surface area contributed by atoms with Crippen molar-refractivity contribution in [3.63, 3.8) is 0 Å². The van der Waals surface area contributed by atoms with E-state index in [1.54, 1.807) is 0 Å². The molecule has 2 nitrogen and oxygen atoms in total. The van der Waals surface area contributed by atoms with Crippen LogP contribution in [-0.2, 0) is 4.74 Å². The van der Waals surface area contributed by atoms with Crippen LogP contribution < -0.4 is 4.74 Å². The van der Waals surface area contributed by atoms with Gasteiger partial charge >= 0.3 is 0 Å². The number of hydrogen-bond donors (Lipinski definition) is 0. The van der Waals surface area contributed by atoms with Crippen molar-refractivity contribution < 1.29 is 9.47 Å². The van der Waals surface area contributed by atoms with Gasteiger partial charge in [-0.05, 0) is 19.4 Å². The Hall–Kier alpha value is -1.28. The summed E-state index contributed by atoms with van der Waals surface area (Å²) < 4.78 is 11.1. The maximum atomic E-state index is 5.82. The van der Waals surface area contributed by atoms with Crippen molar-refractivity contribution in [2.45, 2.75) is 32.3 Å². The van der Waals surface area contributed by atoms with Crippen LogP contribution in [0.2, 0.25) is 0 Å². The van der Waals surface area contributed by atoms with Gasteiger partial charge in [-0.15, -0.1) is 0 Å². The Balaban J connectivity index is 1.99. The van der Waals surface area contributed by atoms with Gasteiger partial charge in [0.05, 0.1) is 6.61 Å². The number of unbranched alkanes of at least 4 members (excludes halogenated alkanes) is 1. The molecule has 0 aliphatic carbocycles. The van der Waals surface area contributed by atoms with Crippen LogP contribution in [0.4, 0.5) is 0 Å². The maximum Gasteiger partial charge on any atom is 0.126 e. The van der Waals surface area contributed by atoms with Crippen molar-refractivity contribution in [3.05, 3.63) is 35.9 Å². The lowest BCUT2D eigenvalue weighted by atomic mass is 10.1. The number of ether oxygens (including phenoxy) is 2. The Morgan fingerprint density at radius 1 is 1.41 bits per heavy atom. The van der Waals surface area contributed by atoms with E-state index in [-0.39, 0.29) is 5.60 Å². The number of allylic oxidation sites excluding steroid dienone is 1. The first kappa shape index (κ1) is 12.2. The Bertz CT molecular complexity index is 392. The summed E-state index contributed by atoms with van der Waals surface area (Å²) in [4.78, 5) is 0. The Morgan fingerprint density at radius 2 is 2.18 bits per heavy atom. The van der Waals surface area contributed by atoms with Gasteiger partial charge in [-0.25, -0.2) is 0 Å². The van der Waals surface area contributed by atoms with Gasteiger partial charge in [0.2, 0.25) is 0 Å². The molecule has 1 atom stereocenters. The molecule has 0 aromatic heterocycles. The van der Waals surface area contributed by atoms with Gasteiger partial charge in [-0.1, -0.05) is 43.7 Å². The third-order valence-corrected chi connectivity index (χ3v) is 2.84. The molecule has 1 aliphatic rings. The lowest BCUT2D eigenvalue weighted by Gasteiger charge is -2.11. The Kier molecular flexibility index (Phi) is 3.85. The van der Waals surface area contributed by atoms with E-state index in [2.05, 4.69) is 32.1 Å². The van der Waals surface area contributed by atoms with Crippen LogP contribution >= 0.6 is 0 Å². The van der Waals surface area contributed by atoms with Crippen molar-refractivity contribution in [1.82, 2.24) is 0 Å². The van der Waals surface area contributed by atoms with Crippen LogP contribution in [0.5, 0.6) is 5.75 Å². The van der Waals surface area contributed by atoms with Crippen LogP contribution in [0.1, 0.15) is 32.3 Å². The minimum atomic E-state index is -0.0553. The number of benzene rings is 1. The monoisotopic (exact) mass is 232 g/mol. The largest absolute Gasteiger partial charge is 0.490 e. The molecule has 92 valence electrons. The van der Waals surface area contributed by atoms with E-state index in [1.165, 1.54) is 6.42 Å². The molecule has 0 bridgehead atoms. The molecule has 1 aromatic carbocycles. The van der Waals surface area contributed by atoms with Crippen molar-refractivity contribution in [2.75, 3.05) is 13.2 Å². The Labute approximate surface area is 103 Å². The zero-order valence-electron chi connectivity index (χ0n) is 10.6. The first-order valence-electron chi connectivity index (χ1n) is 6.26. The molecule has 0 amide bonds. The lowest BCUT2D eigenvalue weighted by Crippen LogP contribution is -2.17. The smallest absolute Gasteiger partial charge is 0.126 e. The van der Waals surface area contributed by atoms with E-state index in [1.807, 2.05) is 18.2 Å². The molecule has 0 N–H and O–H groups in total. The second kappa shape index (κ2) is 5.37. The van der Waals surface area contributed by atoms with Crippen molar-refractivity contribution in [1.29, 1.82) is 0 Å². The van der Waals surface area contributed by atoms with Crippen molar-refractivity contribution >= 4 is 6.08 Å². The first-order valence-corrected chi connectivity index (χ1v) is 6.26. The minimum Gasteiger partial charge on any atom is -0.490 e. The summed E-state index contributed by atoms with van der Waals surface area (Å²) in [5, 5.41) is 0. The molecule has 1 saturated heterocycles. The zero-order valence-corrected chi connectivity index (χ0v) is 10.6. The van der Waals surface area contributed by atoms with E-state index < -0.39 is 0 Å². The van der Waals surface area contributed by atoms with Gasteiger partial charge < -0.3 is 9.47 Å². The summed E-state index contributed by atoms with van der Waals surface area (Å²) in [6.45, 7) is 5.69. The molecule has 17 heavy (non-hydrogen) atoms. The van der Waals surface area contributed by atoms with Crippen LogP contribution in [0.3, 0.4) is 0 Å². The standard InChI is InChI=1S/C15H20O2/c1-3-4-5-8-13-9-6-7-10-14(13)16-11-15(2)12-17-15/h5-10H,3-4,11-12H2,1-2H3/b8-5+. The third-order valence-electron chi connectivity index (χ3n) is 2.84. The average molecular weight is 232 g/mol. The van der Waals surface area contributed by atoms with E-state index in [0.29, 0.717) is 6.61 Å². The highest BCUT2D eigenvalue weighted by Gasteiger charge is 2.40. The summed E-state index contributed by atoms with van der Waals surface area (Å²) >= 11 is 0. The van der Waals surface area contributed by atoms with Gasteiger partial charge in [0.1, 0.15) is 18.0 Å². The fourth-order valence-corrected chi connectivity index (χ4v) is 1.56. The molecule has 1 aliphatic heterocycles. The van der Waals surface area contributed by atoms with Gasteiger partial charge in [0.25, 0.3) is 0 Å². The highest BCUT2D eigenvalue weighted by atomic mass is 16.6. The topological polar surface area (TPSA) is 21.8 Å².